The van der Waals surface area contributed by atoms with Gasteiger partial charge in [-0.2, -0.15) is 4.31 Å². The molecule has 1 aromatic heterocycles. The molecule has 182 valence electrons. The molecular weight excluding hydrogens is 486 g/mol. The van der Waals surface area contributed by atoms with E-state index in [1.165, 1.54) is 0 Å². The second-order valence-corrected chi connectivity index (χ2v) is 9.94. The maximum Gasteiger partial charge on any atom is 0.481 e. The van der Waals surface area contributed by atoms with Crippen molar-refractivity contribution < 1.29 is 47.6 Å². The minimum Gasteiger partial charge on any atom is -0.387 e. The lowest BCUT2D eigenvalue weighted by molar-refractivity contribution is -0.0548. The van der Waals surface area contributed by atoms with Crippen LogP contribution in [0.2, 0.25) is 0 Å². The van der Waals surface area contributed by atoms with Gasteiger partial charge >= 0.3 is 21.3 Å². The van der Waals surface area contributed by atoms with E-state index in [4.69, 9.17) is 14.5 Å². The smallest absolute Gasteiger partial charge is 0.387 e. The van der Waals surface area contributed by atoms with Crippen LogP contribution < -0.4 is 11.2 Å². The topological polar surface area (TPSA) is 207 Å². The van der Waals surface area contributed by atoms with E-state index in [2.05, 4.69) is 8.83 Å². The second-order valence-electron chi connectivity index (χ2n) is 7.11. The van der Waals surface area contributed by atoms with Gasteiger partial charge in [0.2, 0.25) is 0 Å². The molecule has 1 aromatic carbocycles. The summed E-state index contributed by atoms with van der Waals surface area (Å²) in [6, 6.07) is 10.2. The Morgan fingerprint density at radius 1 is 1.00 bits per heavy atom. The first-order valence-corrected chi connectivity index (χ1v) is 12.5. The van der Waals surface area contributed by atoms with Crippen LogP contribution in [0.3, 0.4) is 0 Å². The number of rotatable bonds is 9. The Balaban J connectivity index is 1.75. The van der Waals surface area contributed by atoms with Gasteiger partial charge in [0.1, 0.15) is 18.3 Å². The third-order valence-corrected chi connectivity index (χ3v) is 6.94. The molecule has 5 atom stereocenters. The Labute approximate surface area is 186 Å². The molecular formula is C17H22N2O12P2. The zero-order valence-corrected chi connectivity index (χ0v) is 18.6. The second kappa shape index (κ2) is 10.1. The molecule has 0 saturated carbocycles. The number of aliphatic hydroxyl groups excluding tert-OH is 2. The number of nitrogens with zero attached hydrogens (tertiary/aromatic N) is 2. The van der Waals surface area contributed by atoms with E-state index < -0.39 is 58.0 Å². The minimum atomic E-state index is -5.35. The molecule has 2 aromatic rings. The molecule has 3 rings (SSSR count). The molecule has 1 unspecified atom stereocenters. The lowest BCUT2D eigenvalue weighted by Gasteiger charge is -2.19. The van der Waals surface area contributed by atoms with Crippen molar-refractivity contribution in [3.8, 4) is 0 Å². The van der Waals surface area contributed by atoms with Crippen LogP contribution in [0, 0.1) is 0 Å². The lowest BCUT2D eigenvalue weighted by Crippen LogP contribution is -2.43. The summed E-state index contributed by atoms with van der Waals surface area (Å²) in [7, 11) is -10.6. The van der Waals surface area contributed by atoms with Crippen LogP contribution in [0.4, 0.5) is 0 Å². The fourth-order valence-corrected chi connectivity index (χ4v) is 4.84. The van der Waals surface area contributed by atoms with Crippen LogP contribution >= 0.6 is 15.6 Å². The van der Waals surface area contributed by atoms with E-state index in [1.54, 1.807) is 0 Å². The van der Waals surface area contributed by atoms with Crippen molar-refractivity contribution in [2.75, 3.05) is 6.61 Å². The summed E-state index contributed by atoms with van der Waals surface area (Å²) in [4.78, 5) is 51.6. The zero-order valence-electron chi connectivity index (χ0n) is 16.9. The van der Waals surface area contributed by atoms with Gasteiger partial charge in [0.05, 0.1) is 6.61 Å². The Kier molecular flexibility index (Phi) is 7.87. The van der Waals surface area contributed by atoms with E-state index in [1.807, 2.05) is 30.3 Å². The molecule has 1 saturated heterocycles. The predicted octanol–water partition coefficient (Wildman–Crippen LogP) is -0.902. The summed E-state index contributed by atoms with van der Waals surface area (Å²) < 4.78 is 37.5. The molecule has 1 aliphatic heterocycles. The van der Waals surface area contributed by atoms with Crippen molar-refractivity contribution >= 4 is 15.6 Å². The van der Waals surface area contributed by atoms with E-state index >= 15 is 0 Å². The van der Waals surface area contributed by atoms with Crippen molar-refractivity contribution in [2.24, 2.45) is 0 Å². The van der Waals surface area contributed by atoms with Crippen LogP contribution in [-0.4, -0.2) is 58.9 Å². The van der Waals surface area contributed by atoms with Crippen molar-refractivity contribution in [1.82, 2.24) is 9.13 Å². The van der Waals surface area contributed by atoms with Gasteiger partial charge < -0.3 is 29.6 Å². The fraction of sp³-hybridized carbons (Fsp3) is 0.412. The summed E-state index contributed by atoms with van der Waals surface area (Å²) in [5.74, 6) is 0. The standard InChI is InChI=1S/C17H22N2O12P2/c20-13-7-9-19(17(23)18(13)8-6-11-4-2-1-3-5-11)16-15(22)14(21)12(30-16)10-29-33(27,28)31-32(24,25)26/h1-5,7,9,12,14-16,21-22H,6,8,10H2,(H,27,28)(H2,24,25,26)/t12-,14-,15-,16-/m1/s1. The van der Waals surface area contributed by atoms with Crippen LogP contribution in [-0.2, 0) is 35.7 Å². The summed E-state index contributed by atoms with van der Waals surface area (Å²) in [5, 5.41) is 20.5. The maximum atomic E-state index is 12.9. The van der Waals surface area contributed by atoms with Crippen molar-refractivity contribution in [1.29, 1.82) is 0 Å². The van der Waals surface area contributed by atoms with E-state index in [9.17, 15) is 33.8 Å². The maximum absolute atomic E-state index is 12.9. The summed E-state index contributed by atoms with van der Waals surface area (Å²) in [5.41, 5.74) is -0.528. The lowest BCUT2D eigenvalue weighted by atomic mass is 10.1. The molecule has 16 heteroatoms. The normalized spacial score (nSPS) is 25.1. The highest BCUT2D eigenvalue weighted by Crippen LogP contribution is 2.57. The molecule has 1 fully saturated rings. The largest absolute Gasteiger partial charge is 0.481 e. The number of aliphatic hydroxyl groups is 2. The SMILES string of the molecule is O=c1ccn([C@@H]2O[C@H](COP(=O)(O)OP(=O)(O)O)[C@@H](O)[C@H]2O)c(=O)n1CCc1ccccc1. The summed E-state index contributed by atoms with van der Waals surface area (Å²) in [6.45, 7) is -0.876. The first kappa shape index (κ1) is 25.7. The number of ether oxygens (including phenoxy) is 1. The highest BCUT2D eigenvalue weighted by atomic mass is 31.3. The van der Waals surface area contributed by atoms with Gasteiger partial charge in [0.15, 0.2) is 6.23 Å². The quantitative estimate of drug-likeness (QED) is 0.261. The van der Waals surface area contributed by atoms with Crippen LogP contribution in [0.15, 0.2) is 52.2 Å². The summed E-state index contributed by atoms with van der Waals surface area (Å²) in [6.07, 6.45) is -4.91. The molecule has 0 aliphatic carbocycles. The van der Waals surface area contributed by atoms with E-state index in [-0.39, 0.29) is 6.54 Å². The van der Waals surface area contributed by atoms with Crippen LogP contribution in [0.25, 0.3) is 0 Å². The summed E-state index contributed by atoms with van der Waals surface area (Å²) >= 11 is 0. The van der Waals surface area contributed by atoms with Gasteiger partial charge in [-0.1, -0.05) is 30.3 Å². The molecule has 2 heterocycles. The Hall–Kier alpha value is -1.96. The first-order valence-electron chi connectivity index (χ1n) is 9.50. The van der Waals surface area contributed by atoms with Gasteiger partial charge in [0.25, 0.3) is 5.56 Å². The average molecular weight is 508 g/mol. The fourth-order valence-electron chi connectivity index (χ4n) is 3.24. The van der Waals surface area contributed by atoms with Gasteiger partial charge in [-0.05, 0) is 12.0 Å². The number of hydrogen-bond acceptors (Lipinski definition) is 9. The molecule has 1 aliphatic rings. The molecule has 0 amide bonds. The first-order chi connectivity index (χ1) is 15.4. The molecule has 33 heavy (non-hydrogen) atoms. The molecule has 5 N–H and O–H groups in total. The highest BCUT2D eigenvalue weighted by Gasteiger charge is 2.45. The van der Waals surface area contributed by atoms with Gasteiger partial charge in [-0.15, -0.1) is 0 Å². The van der Waals surface area contributed by atoms with Crippen LogP contribution in [0.1, 0.15) is 11.8 Å². The molecule has 0 spiro atoms. The van der Waals surface area contributed by atoms with Crippen molar-refractivity contribution in [3.63, 3.8) is 0 Å². The average Bonchev–Trinajstić information content (AvgIpc) is 3.00. The number of aromatic nitrogens is 2. The molecule has 0 bridgehead atoms. The molecule has 14 nitrogen and oxygen atoms in total. The minimum absolute atomic E-state index is 0.0356. The Morgan fingerprint density at radius 2 is 1.67 bits per heavy atom. The van der Waals surface area contributed by atoms with E-state index in [0.717, 1.165) is 27.0 Å². The van der Waals surface area contributed by atoms with Crippen molar-refractivity contribution in [3.05, 3.63) is 69.0 Å². The number of aryl methyl sites for hydroxylation is 1. The molecule has 0 radical (unpaired) electrons. The number of benzene rings is 1. The van der Waals surface area contributed by atoms with Gasteiger partial charge in [0, 0.05) is 18.8 Å². The van der Waals surface area contributed by atoms with E-state index in [0.29, 0.717) is 6.42 Å². The number of phosphoric ester groups is 1. The van der Waals surface area contributed by atoms with Crippen LogP contribution in [0.5, 0.6) is 0 Å². The Morgan fingerprint density at radius 3 is 2.30 bits per heavy atom. The third-order valence-electron chi connectivity index (χ3n) is 4.79. The van der Waals surface area contributed by atoms with Gasteiger partial charge in [-0.25, -0.2) is 13.9 Å². The predicted molar refractivity (Wildman–Crippen MR) is 110 cm³/mol. The monoisotopic (exact) mass is 508 g/mol. The highest BCUT2D eigenvalue weighted by molar-refractivity contribution is 7.60. The third kappa shape index (κ3) is 6.55. The van der Waals surface area contributed by atoms with Gasteiger partial charge in [-0.3, -0.25) is 18.5 Å². The number of hydrogen-bond donors (Lipinski definition) is 5. The Bertz CT molecular complexity index is 1180. The number of phosphoric acid groups is 2. The zero-order chi connectivity index (χ0) is 24.4. The van der Waals surface area contributed by atoms with Crippen molar-refractivity contribution in [2.45, 2.75) is 37.5 Å².